The van der Waals surface area contributed by atoms with E-state index < -0.39 is 17.6 Å². The summed E-state index contributed by atoms with van der Waals surface area (Å²) in [5, 5.41) is 0.154. The molecule has 3 rings (SSSR count). The van der Waals surface area contributed by atoms with Gasteiger partial charge in [0.1, 0.15) is 28.9 Å². The van der Waals surface area contributed by atoms with Gasteiger partial charge in [0.15, 0.2) is 0 Å². The number of nitrogens with zero attached hydrogens (tertiary/aromatic N) is 3. The molecule has 27 heavy (non-hydrogen) atoms. The van der Waals surface area contributed by atoms with Crippen LogP contribution in [-0.2, 0) is 4.74 Å². The Morgan fingerprint density at radius 3 is 2.44 bits per heavy atom. The molecule has 0 aliphatic carbocycles. The average molecular weight is 390 g/mol. The number of halogens is 3. The maximum absolute atomic E-state index is 14.0. The maximum atomic E-state index is 14.0. The van der Waals surface area contributed by atoms with Crippen molar-refractivity contribution in [3.05, 3.63) is 77.2 Å². The van der Waals surface area contributed by atoms with Crippen LogP contribution in [0.15, 0.2) is 54.9 Å². The summed E-state index contributed by atoms with van der Waals surface area (Å²) in [6.07, 6.45) is 1.23. The van der Waals surface area contributed by atoms with E-state index >= 15 is 0 Å². The molecule has 0 aliphatic heterocycles. The molecular formula is C19H14ClF2N3O2. The first-order chi connectivity index (χ1) is 13.0. The Morgan fingerprint density at radius 1 is 1.07 bits per heavy atom. The number of hydrogen-bond donors (Lipinski definition) is 0. The second-order valence-electron chi connectivity index (χ2n) is 5.39. The number of benzene rings is 2. The van der Waals surface area contributed by atoms with Crippen LogP contribution in [0.3, 0.4) is 0 Å². The van der Waals surface area contributed by atoms with Crippen molar-refractivity contribution >= 4 is 34.8 Å². The lowest BCUT2D eigenvalue weighted by atomic mass is 10.1. The van der Waals surface area contributed by atoms with Gasteiger partial charge in [-0.15, -0.1) is 0 Å². The minimum atomic E-state index is -0.625. The Morgan fingerprint density at radius 2 is 1.78 bits per heavy atom. The number of carbonyl (C=O) groups excluding carboxylic acids is 1. The van der Waals surface area contributed by atoms with Gasteiger partial charge in [-0.1, -0.05) is 11.6 Å². The lowest BCUT2D eigenvalue weighted by molar-refractivity contribution is 0.0527. The van der Waals surface area contributed by atoms with Crippen molar-refractivity contribution in [3.63, 3.8) is 0 Å². The Kier molecular flexibility index (Phi) is 5.61. The van der Waals surface area contributed by atoms with Crippen molar-refractivity contribution in [3.8, 4) is 0 Å². The highest BCUT2D eigenvalue weighted by atomic mass is 35.5. The number of ether oxygens (including phenoxy) is 1. The summed E-state index contributed by atoms with van der Waals surface area (Å²) in [4.78, 5) is 21.8. The van der Waals surface area contributed by atoms with Crippen LogP contribution >= 0.6 is 11.6 Å². The molecule has 0 saturated carbocycles. The molecule has 8 heteroatoms. The van der Waals surface area contributed by atoms with E-state index in [9.17, 15) is 13.6 Å². The lowest BCUT2D eigenvalue weighted by Crippen LogP contribution is -2.17. The quantitative estimate of drug-likeness (QED) is 0.451. The molecule has 0 amide bonds. The van der Waals surface area contributed by atoms with Gasteiger partial charge in [-0.2, -0.15) is 0 Å². The molecule has 2 aromatic carbocycles. The third-order valence-corrected chi connectivity index (χ3v) is 3.84. The van der Waals surface area contributed by atoms with Crippen molar-refractivity contribution in [2.75, 3.05) is 11.5 Å². The molecule has 0 radical (unpaired) electrons. The Hall–Kier alpha value is -3.06. The highest BCUT2D eigenvalue weighted by Crippen LogP contribution is 2.36. The Balaban J connectivity index is 2.23. The number of aromatic nitrogens is 2. The summed E-state index contributed by atoms with van der Waals surface area (Å²) in [6.45, 7) is 1.83. The lowest BCUT2D eigenvalue weighted by Gasteiger charge is -2.26. The minimum absolute atomic E-state index is 0.123. The van der Waals surface area contributed by atoms with Gasteiger partial charge in [0.05, 0.1) is 17.9 Å². The molecule has 0 spiro atoms. The average Bonchev–Trinajstić information content (AvgIpc) is 2.64. The van der Waals surface area contributed by atoms with Crippen LogP contribution in [0.25, 0.3) is 0 Å². The van der Waals surface area contributed by atoms with Gasteiger partial charge in [-0.3, -0.25) is 4.90 Å². The van der Waals surface area contributed by atoms with Crippen molar-refractivity contribution in [1.29, 1.82) is 0 Å². The van der Waals surface area contributed by atoms with E-state index in [-0.39, 0.29) is 28.8 Å². The fraction of sp³-hybridized carbons (Fsp3) is 0.105. The zero-order chi connectivity index (χ0) is 19.4. The number of esters is 1. The molecule has 0 bridgehead atoms. The molecule has 0 fully saturated rings. The zero-order valence-corrected chi connectivity index (χ0v) is 15.0. The number of carbonyl (C=O) groups is 1. The van der Waals surface area contributed by atoms with E-state index in [0.717, 1.165) is 6.07 Å². The summed E-state index contributed by atoms with van der Waals surface area (Å²) in [5.74, 6) is -1.35. The zero-order valence-electron chi connectivity index (χ0n) is 14.2. The third-order valence-electron chi connectivity index (χ3n) is 3.63. The fourth-order valence-electron chi connectivity index (χ4n) is 2.50. The number of rotatable bonds is 5. The second kappa shape index (κ2) is 8.09. The molecule has 1 heterocycles. The van der Waals surface area contributed by atoms with E-state index in [1.165, 1.54) is 53.7 Å². The summed E-state index contributed by atoms with van der Waals surface area (Å²) in [6, 6.07) is 10.5. The molecule has 1 aromatic heterocycles. The van der Waals surface area contributed by atoms with Gasteiger partial charge in [0, 0.05) is 11.8 Å². The van der Waals surface area contributed by atoms with Gasteiger partial charge >= 0.3 is 5.97 Å². The van der Waals surface area contributed by atoms with Gasteiger partial charge < -0.3 is 4.74 Å². The largest absolute Gasteiger partial charge is 0.462 e. The van der Waals surface area contributed by atoms with E-state index in [1.54, 1.807) is 6.92 Å². The number of hydrogen-bond acceptors (Lipinski definition) is 5. The van der Waals surface area contributed by atoms with Gasteiger partial charge in [0.2, 0.25) is 0 Å². The first kappa shape index (κ1) is 18.7. The smallest absolute Gasteiger partial charge is 0.340 e. The van der Waals surface area contributed by atoms with Crippen LogP contribution in [0.4, 0.5) is 26.0 Å². The fourth-order valence-corrected chi connectivity index (χ4v) is 2.64. The highest BCUT2D eigenvalue weighted by Gasteiger charge is 2.22. The van der Waals surface area contributed by atoms with Crippen LogP contribution < -0.4 is 4.90 Å². The molecular weight excluding hydrogens is 376 g/mol. The van der Waals surface area contributed by atoms with Crippen LogP contribution in [-0.4, -0.2) is 22.5 Å². The van der Waals surface area contributed by atoms with Gasteiger partial charge in [0.25, 0.3) is 0 Å². The molecule has 0 aliphatic rings. The van der Waals surface area contributed by atoms with E-state index in [0.29, 0.717) is 5.69 Å². The predicted octanol–water partition coefficient (Wildman–Crippen LogP) is 5.05. The Labute approximate surface area is 159 Å². The van der Waals surface area contributed by atoms with Crippen LogP contribution in [0, 0.1) is 11.6 Å². The van der Waals surface area contributed by atoms with Crippen molar-refractivity contribution < 1.29 is 18.3 Å². The van der Waals surface area contributed by atoms with E-state index in [4.69, 9.17) is 16.3 Å². The first-order valence-corrected chi connectivity index (χ1v) is 8.37. The summed E-state index contributed by atoms with van der Waals surface area (Å²) >= 11 is 5.97. The van der Waals surface area contributed by atoms with E-state index in [2.05, 4.69) is 9.97 Å². The van der Waals surface area contributed by atoms with Crippen LogP contribution in [0.2, 0.25) is 5.15 Å². The molecule has 0 atom stereocenters. The molecule has 5 nitrogen and oxygen atoms in total. The molecule has 0 unspecified atom stereocenters. The standard InChI is InChI=1S/C19H14ClF2N3O2/c1-2-27-19(26)15-8-5-13(22)9-16(15)25(14-6-3-12(21)4-7-14)18-10-17(20)23-11-24-18/h3-11H,2H2,1H3. The minimum Gasteiger partial charge on any atom is -0.462 e. The monoisotopic (exact) mass is 389 g/mol. The molecule has 0 N–H and O–H groups in total. The topological polar surface area (TPSA) is 55.3 Å². The normalized spacial score (nSPS) is 10.5. The Bertz CT molecular complexity index is 967. The molecule has 0 saturated heterocycles. The number of anilines is 3. The first-order valence-electron chi connectivity index (χ1n) is 7.99. The molecule has 138 valence electrons. The van der Waals surface area contributed by atoms with Crippen LogP contribution in [0.5, 0.6) is 0 Å². The van der Waals surface area contributed by atoms with Gasteiger partial charge in [-0.05, 0) is 49.4 Å². The summed E-state index contributed by atoms with van der Waals surface area (Å²) < 4.78 is 32.5. The maximum Gasteiger partial charge on any atom is 0.340 e. The van der Waals surface area contributed by atoms with Crippen LogP contribution in [0.1, 0.15) is 17.3 Å². The van der Waals surface area contributed by atoms with Gasteiger partial charge in [-0.25, -0.2) is 23.5 Å². The SMILES string of the molecule is CCOC(=O)c1ccc(F)cc1N(c1ccc(F)cc1)c1cc(Cl)ncn1. The predicted molar refractivity (Wildman–Crippen MR) is 97.6 cm³/mol. The summed E-state index contributed by atoms with van der Waals surface area (Å²) in [5.41, 5.74) is 0.745. The molecule has 3 aromatic rings. The van der Waals surface area contributed by atoms with Crippen molar-refractivity contribution in [2.24, 2.45) is 0 Å². The third kappa shape index (κ3) is 4.20. The van der Waals surface area contributed by atoms with Crippen molar-refractivity contribution in [1.82, 2.24) is 9.97 Å². The highest BCUT2D eigenvalue weighted by molar-refractivity contribution is 6.29. The van der Waals surface area contributed by atoms with E-state index in [1.807, 2.05) is 0 Å². The second-order valence-corrected chi connectivity index (χ2v) is 5.78. The summed E-state index contributed by atoms with van der Waals surface area (Å²) in [7, 11) is 0. The van der Waals surface area contributed by atoms with Crippen molar-refractivity contribution in [2.45, 2.75) is 6.92 Å².